The first-order chi connectivity index (χ1) is 9.97. The third kappa shape index (κ3) is 2.86. The van der Waals surface area contributed by atoms with Crippen LogP contribution < -0.4 is 0 Å². The Morgan fingerprint density at radius 1 is 1.19 bits per heavy atom. The number of pyridine rings is 1. The van der Waals surface area contributed by atoms with Crippen molar-refractivity contribution in [3.8, 4) is 5.69 Å². The highest BCUT2D eigenvalue weighted by Gasteiger charge is 2.19. The molecule has 0 amide bonds. The van der Waals surface area contributed by atoms with Crippen molar-refractivity contribution in [2.75, 3.05) is 0 Å². The SMILES string of the molecule is CC(Cl)c1nc2cc(Cl)cnc2n1-c1ccc(Cl)cc1I. The summed E-state index contributed by atoms with van der Waals surface area (Å²) in [5, 5.41) is 0.972. The van der Waals surface area contributed by atoms with E-state index in [1.54, 1.807) is 12.3 Å². The maximum Gasteiger partial charge on any atom is 0.164 e. The smallest absolute Gasteiger partial charge is 0.164 e. The Hall–Kier alpha value is -0.560. The maximum atomic E-state index is 6.28. The summed E-state index contributed by atoms with van der Waals surface area (Å²) >= 11 is 20.5. The van der Waals surface area contributed by atoms with Gasteiger partial charge in [-0.15, -0.1) is 11.6 Å². The van der Waals surface area contributed by atoms with Crippen molar-refractivity contribution in [2.45, 2.75) is 12.3 Å². The number of rotatable bonds is 2. The van der Waals surface area contributed by atoms with E-state index >= 15 is 0 Å². The summed E-state index contributed by atoms with van der Waals surface area (Å²) in [5.74, 6) is 0.724. The van der Waals surface area contributed by atoms with Gasteiger partial charge in [0.15, 0.2) is 5.65 Å². The van der Waals surface area contributed by atoms with Crippen molar-refractivity contribution in [1.29, 1.82) is 0 Å². The van der Waals surface area contributed by atoms with Crippen LogP contribution in [0.2, 0.25) is 10.0 Å². The van der Waals surface area contributed by atoms with Crippen LogP contribution in [0.15, 0.2) is 30.5 Å². The van der Waals surface area contributed by atoms with E-state index in [4.69, 9.17) is 34.8 Å². The molecule has 0 fully saturated rings. The van der Waals surface area contributed by atoms with Gasteiger partial charge in [0.2, 0.25) is 0 Å². The van der Waals surface area contributed by atoms with Crippen LogP contribution in [0.1, 0.15) is 18.1 Å². The Kier molecular flexibility index (Phi) is 4.32. The Labute approximate surface area is 150 Å². The number of halogens is 4. The summed E-state index contributed by atoms with van der Waals surface area (Å²) in [4.78, 5) is 8.96. The fraction of sp³-hybridized carbons (Fsp3) is 0.143. The Balaban J connectivity index is 2.36. The first kappa shape index (κ1) is 15.3. The molecule has 3 rings (SSSR count). The molecule has 1 aromatic carbocycles. The van der Waals surface area contributed by atoms with E-state index < -0.39 is 0 Å². The third-order valence-electron chi connectivity index (χ3n) is 3.00. The molecular weight excluding hydrogens is 443 g/mol. The monoisotopic (exact) mass is 451 g/mol. The van der Waals surface area contributed by atoms with Crippen LogP contribution in [0.3, 0.4) is 0 Å². The van der Waals surface area contributed by atoms with Gasteiger partial charge in [-0.1, -0.05) is 23.2 Å². The maximum absolute atomic E-state index is 6.28. The van der Waals surface area contributed by atoms with Crippen LogP contribution in [0, 0.1) is 3.57 Å². The molecule has 7 heteroatoms. The van der Waals surface area contributed by atoms with Gasteiger partial charge in [-0.3, -0.25) is 4.57 Å². The Bertz CT molecular complexity index is 830. The lowest BCUT2D eigenvalue weighted by Gasteiger charge is -2.12. The summed E-state index contributed by atoms with van der Waals surface area (Å²) in [6.45, 7) is 1.88. The van der Waals surface area contributed by atoms with Gasteiger partial charge in [0.25, 0.3) is 0 Å². The van der Waals surface area contributed by atoms with Crippen molar-refractivity contribution in [1.82, 2.24) is 14.5 Å². The van der Waals surface area contributed by atoms with Gasteiger partial charge in [0, 0.05) is 14.8 Å². The lowest BCUT2D eigenvalue weighted by molar-refractivity contribution is 0.874. The lowest BCUT2D eigenvalue weighted by atomic mass is 10.3. The zero-order chi connectivity index (χ0) is 15.1. The van der Waals surface area contributed by atoms with Crippen molar-refractivity contribution < 1.29 is 0 Å². The molecule has 0 aliphatic heterocycles. The summed E-state index contributed by atoms with van der Waals surface area (Å²) in [7, 11) is 0. The molecule has 0 spiro atoms. The number of hydrogen-bond acceptors (Lipinski definition) is 2. The number of fused-ring (bicyclic) bond motifs is 1. The molecule has 0 aliphatic rings. The second-order valence-corrected chi connectivity index (χ2v) is 7.20. The number of hydrogen-bond donors (Lipinski definition) is 0. The number of imidazole rings is 1. The molecule has 0 saturated heterocycles. The molecule has 21 heavy (non-hydrogen) atoms. The molecular formula is C14H9Cl3IN3. The minimum Gasteiger partial charge on any atom is -0.278 e. The third-order valence-corrected chi connectivity index (χ3v) is 4.50. The van der Waals surface area contributed by atoms with Crippen molar-refractivity contribution >= 4 is 68.6 Å². The van der Waals surface area contributed by atoms with Crippen molar-refractivity contribution in [3.05, 3.63) is 49.9 Å². The Morgan fingerprint density at radius 3 is 2.62 bits per heavy atom. The van der Waals surface area contributed by atoms with Crippen LogP contribution >= 0.6 is 57.4 Å². The zero-order valence-corrected chi connectivity index (χ0v) is 15.2. The predicted octanol–water partition coefficient (Wildman–Crippen LogP) is 5.63. The molecule has 0 bridgehead atoms. The normalized spacial score (nSPS) is 12.8. The molecule has 0 saturated carbocycles. The molecule has 3 nitrogen and oxygen atoms in total. The summed E-state index contributed by atoms with van der Waals surface area (Å²) in [6.07, 6.45) is 1.60. The second kappa shape index (κ2) is 5.91. The van der Waals surface area contributed by atoms with E-state index in [0.29, 0.717) is 10.0 Å². The summed E-state index contributed by atoms with van der Waals surface area (Å²) in [5.41, 5.74) is 2.39. The molecule has 3 aromatic rings. The van der Waals surface area contributed by atoms with Gasteiger partial charge in [0.1, 0.15) is 11.3 Å². The highest BCUT2D eigenvalue weighted by Crippen LogP contribution is 2.31. The van der Waals surface area contributed by atoms with E-state index in [2.05, 4.69) is 32.6 Å². The van der Waals surface area contributed by atoms with Crippen LogP contribution in [-0.4, -0.2) is 14.5 Å². The molecule has 108 valence electrons. The first-order valence-corrected chi connectivity index (χ1v) is 8.38. The minimum absolute atomic E-state index is 0.260. The molecule has 0 N–H and O–H groups in total. The van der Waals surface area contributed by atoms with E-state index in [1.165, 1.54) is 0 Å². The van der Waals surface area contributed by atoms with Crippen LogP contribution in [0.25, 0.3) is 16.9 Å². The van der Waals surface area contributed by atoms with Crippen LogP contribution in [0.4, 0.5) is 0 Å². The largest absolute Gasteiger partial charge is 0.278 e. The summed E-state index contributed by atoms with van der Waals surface area (Å²) < 4.78 is 2.94. The number of benzene rings is 1. The van der Waals surface area contributed by atoms with Gasteiger partial charge < -0.3 is 0 Å². The van der Waals surface area contributed by atoms with E-state index in [0.717, 1.165) is 26.2 Å². The van der Waals surface area contributed by atoms with Gasteiger partial charge >= 0.3 is 0 Å². The molecule has 1 atom stereocenters. The molecule has 2 aromatic heterocycles. The topological polar surface area (TPSA) is 30.7 Å². The van der Waals surface area contributed by atoms with Gasteiger partial charge in [0.05, 0.1) is 16.1 Å². The van der Waals surface area contributed by atoms with E-state index in [9.17, 15) is 0 Å². The molecule has 2 heterocycles. The van der Waals surface area contributed by atoms with Gasteiger partial charge in [-0.05, 0) is 53.8 Å². The van der Waals surface area contributed by atoms with Crippen LogP contribution in [0.5, 0.6) is 0 Å². The lowest BCUT2D eigenvalue weighted by Crippen LogP contribution is -2.04. The molecule has 0 radical (unpaired) electrons. The average molecular weight is 453 g/mol. The number of alkyl halides is 1. The number of nitrogens with zero attached hydrogens (tertiary/aromatic N) is 3. The van der Waals surface area contributed by atoms with Crippen LogP contribution in [-0.2, 0) is 0 Å². The van der Waals surface area contributed by atoms with E-state index in [-0.39, 0.29) is 5.38 Å². The van der Waals surface area contributed by atoms with Gasteiger partial charge in [-0.25, -0.2) is 9.97 Å². The number of aromatic nitrogens is 3. The predicted molar refractivity (Wildman–Crippen MR) is 95.9 cm³/mol. The first-order valence-electron chi connectivity index (χ1n) is 6.11. The summed E-state index contributed by atoms with van der Waals surface area (Å²) in [6, 6.07) is 7.45. The standard InChI is InChI=1S/C14H9Cl3IN3/c1-7(15)13-20-11-5-9(17)6-19-14(11)21(13)12-3-2-8(16)4-10(12)18/h2-7H,1H3. The highest BCUT2D eigenvalue weighted by molar-refractivity contribution is 14.1. The zero-order valence-electron chi connectivity index (χ0n) is 10.8. The fourth-order valence-electron chi connectivity index (χ4n) is 2.12. The Morgan fingerprint density at radius 2 is 1.95 bits per heavy atom. The van der Waals surface area contributed by atoms with Gasteiger partial charge in [-0.2, -0.15) is 0 Å². The second-order valence-electron chi connectivity index (χ2n) is 4.51. The average Bonchev–Trinajstić information content (AvgIpc) is 2.77. The fourth-order valence-corrected chi connectivity index (χ4v) is 3.54. The molecule has 1 unspecified atom stereocenters. The molecule has 0 aliphatic carbocycles. The highest BCUT2D eigenvalue weighted by atomic mass is 127. The minimum atomic E-state index is -0.260. The quantitative estimate of drug-likeness (QED) is 0.373. The van der Waals surface area contributed by atoms with Crippen molar-refractivity contribution in [2.24, 2.45) is 0 Å². The van der Waals surface area contributed by atoms with Crippen molar-refractivity contribution in [3.63, 3.8) is 0 Å². The van der Waals surface area contributed by atoms with E-state index in [1.807, 2.05) is 29.7 Å².